The van der Waals surface area contributed by atoms with Gasteiger partial charge in [-0.3, -0.25) is 4.79 Å². The summed E-state index contributed by atoms with van der Waals surface area (Å²) >= 11 is 3.52. The highest BCUT2D eigenvalue weighted by Crippen LogP contribution is 2.32. The van der Waals surface area contributed by atoms with Crippen LogP contribution in [0, 0.1) is 30.6 Å². The highest BCUT2D eigenvalue weighted by molar-refractivity contribution is 9.10. The quantitative estimate of drug-likeness (QED) is 0.774. The van der Waals surface area contributed by atoms with Crippen LogP contribution >= 0.6 is 15.9 Å². The molecule has 1 aromatic carbocycles. The highest BCUT2D eigenvalue weighted by Gasteiger charge is 2.37. The van der Waals surface area contributed by atoms with Crippen molar-refractivity contribution < 1.29 is 4.79 Å². The second-order valence-electron chi connectivity index (χ2n) is 5.57. The molecule has 21 heavy (non-hydrogen) atoms. The van der Waals surface area contributed by atoms with Gasteiger partial charge in [-0.2, -0.15) is 5.26 Å². The van der Waals surface area contributed by atoms with E-state index in [9.17, 15) is 10.1 Å². The number of nitriles is 1. The van der Waals surface area contributed by atoms with E-state index in [1.165, 1.54) is 0 Å². The summed E-state index contributed by atoms with van der Waals surface area (Å²) in [5.41, 5.74) is 1.97. The monoisotopic (exact) mass is 350 g/mol. The van der Waals surface area contributed by atoms with Crippen molar-refractivity contribution in [3.63, 3.8) is 0 Å². The van der Waals surface area contributed by atoms with Crippen LogP contribution in [0.3, 0.4) is 0 Å². The number of rotatable bonds is 6. The molecule has 0 atom stereocenters. The molecule has 0 aromatic heterocycles. The summed E-state index contributed by atoms with van der Waals surface area (Å²) in [7, 11) is 0. The zero-order chi connectivity index (χ0) is 16.0. The standard InChI is InChI=1S/C17H23BrN2O/c1-5-7-17(11-19,8-6-2)16(21)20-14-9-12(3)15(18)13(4)10-14/h9-10H,5-8H2,1-4H3,(H,20,21). The SMILES string of the molecule is CCCC(C#N)(CCC)C(=O)Nc1cc(C)c(Br)c(C)c1. The Balaban J connectivity index is 3.05. The van der Waals surface area contributed by atoms with Gasteiger partial charge >= 0.3 is 0 Å². The summed E-state index contributed by atoms with van der Waals surface area (Å²) in [6.07, 6.45) is 2.83. The molecule has 0 spiro atoms. The number of hydrogen-bond acceptors (Lipinski definition) is 2. The van der Waals surface area contributed by atoms with Gasteiger partial charge in [-0.15, -0.1) is 0 Å². The van der Waals surface area contributed by atoms with Gasteiger partial charge in [0.05, 0.1) is 6.07 Å². The maximum absolute atomic E-state index is 12.6. The van der Waals surface area contributed by atoms with Crippen molar-refractivity contribution in [2.75, 3.05) is 5.32 Å². The zero-order valence-electron chi connectivity index (χ0n) is 13.2. The van der Waals surface area contributed by atoms with E-state index in [2.05, 4.69) is 27.3 Å². The first kappa shape index (κ1) is 17.7. The summed E-state index contributed by atoms with van der Waals surface area (Å²) in [5, 5.41) is 12.5. The molecule has 1 aromatic rings. The molecular formula is C17H23BrN2O. The van der Waals surface area contributed by atoms with E-state index < -0.39 is 5.41 Å². The van der Waals surface area contributed by atoms with Crippen molar-refractivity contribution in [1.29, 1.82) is 5.26 Å². The van der Waals surface area contributed by atoms with E-state index in [-0.39, 0.29) is 5.91 Å². The molecule has 0 heterocycles. The Morgan fingerprint density at radius 2 is 1.71 bits per heavy atom. The van der Waals surface area contributed by atoms with E-state index in [0.29, 0.717) is 12.8 Å². The fourth-order valence-electron chi connectivity index (χ4n) is 2.64. The van der Waals surface area contributed by atoms with Gasteiger partial charge in [0.1, 0.15) is 5.41 Å². The van der Waals surface area contributed by atoms with Crippen LogP contribution < -0.4 is 5.32 Å². The second-order valence-corrected chi connectivity index (χ2v) is 6.37. The van der Waals surface area contributed by atoms with E-state index in [1.54, 1.807) is 0 Å². The number of anilines is 1. The Hall–Kier alpha value is -1.34. The molecule has 0 saturated carbocycles. The smallest absolute Gasteiger partial charge is 0.244 e. The Labute approximate surface area is 135 Å². The van der Waals surface area contributed by atoms with Crippen LogP contribution in [0.4, 0.5) is 5.69 Å². The summed E-state index contributed by atoms with van der Waals surface area (Å²) < 4.78 is 1.05. The molecule has 4 heteroatoms. The lowest BCUT2D eigenvalue weighted by Crippen LogP contribution is -2.35. The molecular weight excluding hydrogens is 328 g/mol. The Bertz CT molecular complexity index is 531. The summed E-state index contributed by atoms with van der Waals surface area (Å²) in [5.74, 6) is -0.185. The number of halogens is 1. The Kier molecular flexibility index (Phi) is 6.42. The first-order chi connectivity index (χ1) is 9.90. The van der Waals surface area contributed by atoms with Gasteiger partial charge in [0, 0.05) is 10.2 Å². The highest BCUT2D eigenvalue weighted by atomic mass is 79.9. The number of amides is 1. The number of nitrogens with zero attached hydrogens (tertiary/aromatic N) is 1. The van der Waals surface area contributed by atoms with Crippen LogP contribution in [0.25, 0.3) is 0 Å². The van der Waals surface area contributed by atoms with E-state index in [1.807, 2.05) is 39.8 Å². The summed E-state index contributed by atoms with van der Waals surface area (Å²) in [6.45, 7) is 7.98. The third-order valence-corrected chi connectivity index (χ3v) is 4.95. The van der Waals surface area contributed by atoms with Crippen molar-refractivity contribution in [1.82, 2.24) is 0 Å². The molecule has 0 unspecified atom stereocenters. The average molecular weight is 351 g/mol. The maximum Gasteiger partial charge on any atom is 0.244 e. The van der Waals surface area contributed by atoms with Crippen molar-refractivity contribution in [3.8, 4) is 6.07 Å². The lowest BCUT2D eigenvalue weighted by atomic mass is 9.79. The molecule has 1 N–H and O–H groups in total. The number of hydrogen-bond donors (Lipinski definition) is 1. The molecule has 0 bridgehead atoms. The van der Waals surface area contributed by atoms with Gasteiger partial charge < -0.3 is 5.32 Å². The predicted molar refractivity (Wildman–Crippen MR) is 90.1 cm³/mol. The van der Waals surface area contributed by atoms with Crippen LogP contribution in [-0.2, 0) is 4.79 Å². The van der Waals surface area contributed by atoms with Crippen LogP contribution in [0.5, 0.6) is 0 Å². The van der Waals surface area contributed by atoms with Gasteiger partial charge in [-0.1, -0.05) is 42.6 Å². The van der Waals surface area contributed by atoms with E-state index >= 15 is 0 Å². The molecule has 0 aliphatic heterocycles. The molecule has 114 valence electrons. The van der Waals surface area contributed by atoms with Crippen LogP contribution in [0.1, 0.15) is 50.7 Å². The van der Waals surface area contributed by atoms with Crippen LogP contribution in [-0.4, -0.2) is 5.91 Å². The van der Waals surface area contributed by atoms with Gasteiger partial charge in [-0.25, -0.2) is 0 Å². The number of nitrogens with one attached hydrogen (secondary N) is 1. The molecule has 1 rings (SSSR count). The van der Waals surface area contributed by atoms with Gasteiger partial charge in [0.15, 0.2) is 0 Å². The van der Waals surface area contributed by atoms with Crippen molar-refractivity contribution >= 4 is 27.5 Å². The third kappa shape index (κ3) is 4.07. The lowest BCUT2D eigenvalue weighted by Gasteiger charge is -2.25. The first-order valence-electron chi connectivity index (χ1n) is 7.39. The summed E-state index contributed by atoms with van der Waals surface area (Å²) in [4.78, 5) is 12.6. The van der Waals surface area contributed by atoms with Crippen LogP contribution in [0.15, 0.2) is 16.6 Å². The van der Waals surface area contributed by atoms with Crippen molar-refractivity contribution in [2.45, 2.75) is 53.4 Å². The minimum Gasteiger partial charge on any atom is -0.325 e. The molecule has 3 nitrogen and oxygen atoms in total. The number of aryl methyl sites for hydroxylation is 2. The van der Waals surface area contributed by atoms with E-state index in [0.717, 1.165) is 34.1 Å². The zero-order valence-corrected chi connectivity index (χ0v) is 14.8. The molecule has 1 amide bonds. The van der Waals surface area contributed by atoms with Gasteiger partial charge in [0.25, 0.3) is 0 Å². The Morgan fingerprint density at radius 1 is 1.24 bits per heavy atom. The van der Waals surface area contributed by atoms with Crippen LogP contribution in [0.2, 0.25) is 0 Å². The fourth-order valence-corrected chi connectivity index (χ4v) is 2.87. The number of carbonyl (C=O) groups excluding carboxylic acids is 1. The molecule has 0 fully saturated rings. The minimum absolute atomic E-state index is 0.185. The minimum atomic E-state index is -0.918. The Morgan fingerprint density at radius 3 is 2.10 bits per heavy atom. The number of carbonyl (C=O) groups is 1. The fraction of sp³-hybridized carbons (Fsp3) is 0.529. The maximum atomic E-state index is 12.6. The predicted octanol–water partition coefficient (Wildman–Crippen LogP) is 5.11. The average Bonchev–Trinajstić information content (AvgIpc) is 2.44. The lowest BCUT2D eigenvalue weighted by molar-refractivity contribution is -0.123. The molecule has 0 saturated heterocycles. The largest absolute Gasteiger partial charge is 0.325 e. The van der Waals surface area contributed by atoms with Gasteiger partial charge in [-0.05, 0) is 49.9 Å². The van der Waals surface area contributed by atoms with Crippen molar-refractivity contribution in [2.24, 2.45) is 5.41 Å². The molecule has 0 aliphatic rings. The number of benzene rings is 1. The topological polar surface area (TPSA) is 52.9 Å². The summed E-state index contributed by atoms with van der Waals surface area (Å²) in [6, 6.07) is 6.11. The third-order valence-electron chi connectivity index (χ3n) is 3.70. The normalized spacial score (nSPS) is 11.0. The van der Waals surface area contributed by atoms with Crippen molar-refractivity contribution in [3.05, 3.63) is 27.7 Å². The second kappa shape index (κ2) is 7.61. The molecule has 0 radical (unpaired) electrons. The molecule has 0 aliphatic carbocycles. The van der Waals surface area contributed by atoms with E-state index in [4.69, 9.17) is 0 Å². The van der Waals surface area contributed by atoms with Gasteiger partial charge in [0.2, 0.25) is 5.91 Å². The first-order valence-corrected chi connectivity index (χ1v) is 8.19.